The first-order valence-electron chi connectivity index (χ1n) is 14.4. The molecule has 1 aromatic heterocycles. The smallest absolute Gasteiger partial charge is 0.306 e. The molecule has 1 aliphatic rings. The molecule has 0 saturated heterocycles. The van der Waals surface area contributed by atoms with Crippen molar-refractivity contribution in [1.82, 2.24) is 30.0 Å². The third-order valence-corrected chi connectivity index (χ3v) is 7.43. The average Bonchev–Trinajstić information content (AvgIpc) is 3.39. The van der Waals surface area contributed by atoms with Crippen molar-refractivity contribution in [3.8, 4) is 0 Å². The molecule has 2 N–H and O–H groups in total. The molecular formula is C31H42N6O4. The Kier molecular flexibility index (Phi) is 10.2. The molecule has 0 fully saturated rings. The number of hydrogen-bond donors (Lipinski definition) is 2. The van der Waals surface area contributed by atoms with Gasteiger partial charge in [0, 0.05) is 39.1 Å². The molecule has 4 rings (SSSR count). The Bertz CT molecular complexity index is 1290. The first-order valence-corrected chi connectivity index (χ1v) is 14.4. The fourth-order valence-corrected chi connectivity index (χ4v) is 5.48. The highest BCUT2D eigenvalue weighted by molar-refractivity contribution is 5.76. The standard InChI is InChI=1S/C31H42N6O4/c1-31(2,3)19-27(36(22-26(38)18-29(40)41)20-23-10-5-4-6-11-23)30-32-33-34-37(30)16-9-14-28(39)35-17-15-24-12-7-8-13-25(24)21-35/h4-8,10-13,26-27,38H,9,14-22H2,1-3H3,(H,40,41). The van der Waals surface area contributed by atoms with Crippen LogP contribution in [-0.4, -0.2) is 71.3 Å². The molecule has 2 aromatic carbocycles. The highest BCUT2D eigenvalue weighted by Crippen LogP contribution is 2.34. The molecule has 2 heterocycles. The van der Waals surface area contributed by atoms with Crippen molar-refractivity contribution in [2.75, 3.05) is 13.1 Å². The van der Waals surface area contributed by atoms with Crippen molar-refractivity contribution in [3.05, 3.63) is 77.1 Å². The van der Waals surface area contributed by atoms with Crippen LogP contribution in [0.1, 0.15) is 75.0 Å². The SMILES string of the molecule is CC(C)(C)CC(c1nnnn1CCCC(=O)N1CCc2ccccc2C1)N(Cc1ccccc1)CC(O)CC(=O)O. The maximum atomic E-state index is 13.0. The predicted molar refractivity (Wildman–Crippen MR) is 155 cm³/mol. The van der Waals surface area contributed by atoms with Gasteiger partial charge in [-0.15, -0.1) is 5.10 Å². The van der Waals surface area contributed by atoms with E-state index in [0.717, 1.165) is 18.5 Å². The lowest BCUT2D eigenvalue weighted by Gasteiger charge is -2.36. The second-order valence-corrected chi connectivity index (χ2v) is 12.1. The van der Waals surface area contributed by atoms with Crippen LogP contribution in [0.4, 0.5) is 0 Å². The second-order valence-electron chi connectivity index (χ2n) is 12.1. The zero-order chi connectivity index (χ0) is 29.4. The number of carboxylic acids is 1. The summed E-state index contributed by atoms with van der Waals surface area (Å²) in [5.41, 5.74) is 3.47. The maximum Gasteiger partial charge on any atom is 0.306 e. The number of aliphatic hydroxyl groups excluding tert-OH is 1. The molecule has 10 nitrogen and oxygen atoms in total. The number of nitrogens with zero attached hydrogens (tertiary/aromatic N) is 6. The summed E-state index contributed by atoms with van der Waals surface area (Å²) in [5.74, 6) is -0.267. The minimum atomic E-state index is -1.05. The van der Waals surface area contributed by atoms with Crippen molar-refractivity contribution in [2.45, 2.75) is 84.7 Å². The number of tetrazole rings is 1. The van der Waals surface area contributed by atoms with E-state index in [9.17, 15) is 19.8 Å². The Balaban J connectivity index is 1.49. The van der Waals surface area contributed by atoms with Crippen LogP contribution in [0, 0.1) is 5.41 Å². The van der Waals surface area contributed by atoms with Gasteiger partial charge in [0.15, 0.2) is 5.82 Å². The fourth-order valence-electron chi connectivity index (χ4n) is 5.48. The van der Waals surface area contributed by atoms with E-state index in [-0.39, 0.29) is 30.3 Å². The summed E-state index contributed by atoms with van der Waals surface area (Å²) in [4.78, 5) is 28.4. The van der Waals surface area contributed by atoms with Gasteiger partial charge in [0.1, 0.15) is 0 Å². The Morgan fingerprint density at radius 3 is 2.46 bits per heavy atom. The molecule has 1 amide bonds. The van der Waals surface area contributed by atoms with Gasteiger partial charge in [0.25, 0.3) is 0 Å². The monoisotopic (exact) mass is 562 g/mol. The summed E-state index contributed by atoms with van der Waals surface area (Å²) in [6, 6.07) is 17.9. The van der Waals surface area contributed by atoms with Gasteiger partial charge in [0.2, 0.25) is 5.91 Å². The number of aliphatic hydroxyl groups is 1. The van der Waals surface area contributed by atoms with Crippen LogP contribution in [0.3, 0.4) is 0 Å². The van der Waals surface area contributed by atoms with Gasteiger partial charge in [-0.1, -0.05) is 75.4 Å². The van der Waals surface area contributed by atoms with Gasteiger partial charge in [-0.05, 0) is 51.8 Å². The van der Waals surface area contributed by atoms with Crippen molar-refractivity contribution in [1.29, 1.82) is 0 Å². The van der Waals surface area contributed by atoms with E-state index in [2.05, 4.69) is 53.3 Å². The van der Waals surface area contributed by atoms with E-state index in [4.69, 9.17) is 0 Å². The highest BCUT2D eigenvalue weighted by atomic mass is 16.4. The third kappa shape index (κ3) is 8.93. The molecule has 220 valence electrons. The number of carbonyl (C=O) groups excluding carboxylic acids is 1. The number of aromatic nitrogens is 4. The molecule has 3 aromatic rings. The lowest BCUT2D eigenvalue weighted by Crippen LogP contribution is -2.39. The van der Waals surface area contributed by atoms with Crippen LogP contribution in [-0.2, 0) is 35.6 Å². The number of hydrogen-bond acceptors (Lipinski definition) is 7. The normalized spacial score (nSPS) is 15.0. The molecule has 41 heavy (non-hydrogen) atoms. The number of rotatable bonds is 13. The van der Waals surface area contributed by atoms with Gasteiger partial charge >= 0.3 is 5.97 Å². The van der Waals surface area contributed by atoms with E-state index >= 15 is 0 Å². The number of aliphatic carboxylic acids is 1. The van der Waals surface area contributed by atoms with Gasteiger partial charge in [-0.25, -0.2) is 4.68 Å². The second kappa shape index (κ2) is 13.8. The quantitative estimate of drug-likeness (QED) is 0.322. The minimum absolute atomic E-state index is 0.103. The summed E-state index contributed by atoms with van der Waals surface area (Å²) < 4.78 is 1.76. The van der Waals surface area contributed by atoms with Crippen molar-refractivity contribution in [2.24, 2.45) is 5.41 Å². The van der Waals surface area contributed by atoms with Crippen LogP contribution in [0.5, 0.6) is 0 Å². The maximum absolute atomic E-state index is 13.0. The van der Waals surface area contributed by atoms with Crippen LogP contribution >= 0.6 is 0 Å². The summed E-state index contributed by atoms with van der Waals surface area (Å²) in [6.07, 6.45) is 1.16. The van der Waals surface area contributed by atoms with Gasteiger partial charge < -0.3 is 15.1 Å². The molecule has 0 spiro atoms. The fraction of sp³-hybridized carbons (Fsp3) is 0.516. The molecular weight excluding hydrogens is 520 g/mol. The molecule has 10 heteroatoms. The van der Waals surface area contributed by atoms with Crippen LogP contribution in [0.2, 0.25) is 0 Å². The third-order valence-electron chi connectivity index (χ3n) is 7.43. The molecule has 0 saturated carbocycles. The largest absolute Gasteiger partial charge is 0.481 e. The van der Waals surface area contributed by atoms with Crippen molar-refractivity contribution < 1.29 is 19.8 Å². The Morgan fingerprint density at radius 1 is 1.05 bits per heavy atom. The number of aryl methyl sites for hydroxylation is 1. The van der Waals surface area contributed by atoms with E-state index in [0.29, 0.717) is 44.7 Å². The van der Waals surface area contributed by atoms with Crippen molar-refractivity contribution in [3.63, 3.8) is 0 Å². The zero-order valence-corrected chi connectivity index (χ0v) is 24.3. The summed E-state index contributed by atoms with van der Waals surface area (Å²) in [7, 11) is 0. The van der Waals surface area contributed by atoms with Gasteiger partial charge in [-0.2, -0.15) is 0 Å². The lowest BCUT2D eigenvalue weighted by molar-refractivity contribution is -0.139. The highest BCUT2D eigenvalue weighted by Gasteiger charge is 2.32. The predicted octanol–water partition coefficient (Wildman–Crippen LogP) is 3.85. The van der Waals surface area contributed by atoms with Gasteiger partial charge in [0.05, 0.1) is 18.6 Å². The first-order chi connectivity index (χ1) is 19.6. The van der Waals surface area contributed by atoms with E-state index in [1.165, 1.54) is 11.1 Å². The van der Waals surface area contributed by atoms with Crippen LogP contribution < -0.4 is 0 Å². The number of carboxylic acid groups (broad SMARTS) is 1. The summed E-state index contributed by atoms with van der Waals surface area (Å²) in [6.45, 7) is 8.92. The van der Waals surface area contributed by atoms with E-state index in [1.54, 1.807) is 4.68 Å². The van der Waals surface area contributed by atoms with E-state index in [1.807, 2.05) is 47.4 Å². The number of fused-ring (bicyclic) bond motifs is 1. The summed E-state index contributed by atoms with van der Waals surface area (Å²) in [5, 5.41) is 32.6. The van der Waals surface area contributed by atoms with Gasteiger partial charge in [-0.3, -0.25) is 14.5 Å². The van der Waals surface area contributed by atoms with Crippen molar-refractivity contribution >= 4 is 11.9 Å². The molecule has 2 unspecified atom stereocenters. The Labute approximate surface area is 242 Å². The lowest BCUT2D eigenvalue weighted by atomic mass is 9.86. The zero-order valence-electron chi connectivity index (χ0n) is 24.3. The average molecular weight is 563 g/mol. The number of carbonyl (C=O) groups is 2. The summed E-state index contributed by atoms with van der Waals surface area (Å²) >= 11 is 0. The number of benzene rings is 2. The molecule has 0 radical (unpaired) electrons. The minimum Gasteiger partial charge on any atom is -0.481 e. The van der Waals surface area contributed by atoms with Crippen LogP contribution in [0.15, 0.2) is 54.6 Å². The number of amides is 1. The molecule has 0 bridgehead atoms. The molecule has 1 aliphatic heterocycles. The first kappa shape index (κ1) is 30.3. The van der Waals surface area contributed by atoms with E-state index < -0.39 is 12.1 Å². The molecule has 2 atom stereocenters. The Hall–Kier alpha value is -3.63. The Morgan fingerprint density at radius 2 is 1.76 bits per heavy atom. The van der Waals surface area contributed by atoms with Crippen LogP contribution in [0.25, 0.3) is 0 Å². The molecule has 0 aliphatic carbocycles. The topological polar surface area (TPSA) is 125 Å².